The number of rotatable bonds is 7. The fraction of sp³-hybridized carbons (Fsp3) is 0.733. The summed E-state index contributed by atoms with van der Waals surface area (Å²) >= 11 is 0. The first-order valence-electron chi connectivity index (χ1n) is 7.93. The highest BCUT2D eigenvalue weighted by Gasteiger charge is 2.20. The van der Waals surface area contributed by atoms with Gasteiger partial charge in [-0.1, -0.05) is 20.3 Å². The van der Waals surface area contributed by atoms with Crippen molar-refractivity contribution in [2.45, 2.75) is 52.0 Å². The molecule has 5 nitrogen and oxygen atoms in total. The van der Waals surface area contributed by atoms with Crippen LogP contribution < -0.4 is 10.6 Å². The molecule has 0 unspecified atom stereocenters. The molecule has 1 aromatic heterocycles. The molecule has 2 heterocycles. The average Bonchev–Trinajstić information content (AvgIpc) is 2.50. The van der Waals surface area contributed by atoms with Crippen LogP contribution in [0.15, 0.2) is 6.33 Å². The summed E-state index contributed by atoms with van der Waals surface area (Å²) < 4.78 is 11.5. The number of aromatic nitrogens is 2. The largest absolute Gasteiger partial charge is 0.370 e. The number of nitrogens with zero attached hydrogens (tertiary/aromatic N) is 2. The van der Waals surface area contributed by atoms with Crippen LogP contribution in [0.5, 0.6) is 0 Å². The molecular formula is C15H26N4OS. The minimum atomic E-state index is -0.621. The summed E-state index contributed by atoms with van der Waals surface area (Å²) in [5.41, 5.74) is 1.18. The van der Waals surface area contributed by atoms with Gasteiger partial charge in [0.05, 0.1) is 0 Å². The highest BCUT2D eigenvalue weighted by atomic mass is 32.2. The van der Waals surface area contributed by atoms with Gasteiger partial charge in [-0.05, 0) is 25.7 Å². The maximum absolute atomic E-state index is 11.5. The van der Waals surface area contributed by atoms with Crippen LogP contribution >= 0.6 is 0 Å². The molecule has 0 aliphatic carbocycles. The lowest BCUT2D eigenvalue weighted by atomic mass is 10.1. The van der Waals surface area contributed by atoms with Crippen molar-refractivity contribution >= 4 is 22.4 Å². The fourth-order valence-electron chi connectivity index (χ4n) is 2.55. The molecule has 0 aromatic carbocycles. The summed E-state index contributed by atoms with van der Waals surface area (Å²) in [5, 5.41) is 6.94. The fourth-order valence-corrected chi connectivity index (χ4v) is 3.85. The van der Waals surface area contributed by atoms with Crippen LogP contribution in [0.2, 0.25) is 0 Å². The standard InChI is InChI=1S/C15H26N4OS/c1-3-5-13-14(16-8-4-2)17-11-18-15(13)19-12-6-9-21(20)10-7-12/h11-12H,3-10H2,1-2H3,(H2,16,17,18,19). The molecule has 1 aliphatic rings. The zero-order valence-corrected chi connectivity index (χ0v) is 13.8. The monoisotopic (exact) mass is 310 g/mol. The Morgan fingerprint density at radius 2 is 1.90 bits per heavy atom. The lowest BCUT2D eigenvalue weighted by molar-refractivity contribution is 0.621. The number of hydrogen-bond donors (Lipinski definition) is 2. The van der Waals surface area contributed by atoms with Gasteiger partial charge < -0.3 is 10.6 Å². The van der Waals surface area contributed by atoms with Gasteiger partial charge in [0, 0.05) is 40.5 Å². The molecule has 1 saturated heterocycles. The molecule has 1 aromatic rings. The van der Waals surface area contributed by atoms with Crippen molar-refractivity contribution in [1.82, 2.24) is 9.97 Å². The van der Waals surface area contributed by atoms with Gasteiger partial charge in [-0.3, -0.25) is 4.21 Å². The van der Waals surface area contributed by atoms with Crippen LogP contribution in [0.3, 0.4) is 0 Å². The normalized spacial score (nSPS) is 22.0. The molecule has 21 heavy (non-hydrogen) atoms. The van der Waals surface area contributed by atoms with Gasteiger partial charge in [-0.15, -0.1) is 0 Å². The minimum Gasteiger partial charge on any atom is -0.370 e. The molecule has 0 bridgehead atoms. The Labute approximate surface area is 129 Å². The van der Waals surface area contributed by atoms with E-state index >= 15 is 0 Å². The maximum atomic E-state index is 11.5. The first-order valence-corrected chi connectivity index (χ1v) is 9.42. The molecule has 1 fully saturated rings. The van der Waals surface area contributed by atoms with Gasteiger partial charge in [0.15, 0.2) is 0 Å². The van der Waals surface area contributed by atoms with E-state index in [2.05, 4.69) is 34.4 Å². The molecule has 1 aliphatic heterocycles. The highest BCUT2D eigenvalue weighted by Crippen LogP contribution is 2.24. The van der Waals surface area contributed by atoms with Crippen molar-refractivity contribution in [3.8, 4) is 0 Å². The Bertz CT molecular complexity index is 471. The van der Waals surface area contributed by atoms with Crippen LogP contribution in [0.1, 0.15) is 45.1 Å². The SMILES string of the molecule is CCCNc1ncnc(NC2CCS(=O)CC2)c1CCC. The third-order valence-electron chi connectivity index (χ3n) is 3.72. The summed E-state index contributed by atoms with van der Waals surface area (Å²) in [4.78, 5) is 8.83. The van der Waals surface area contributed by atoms with Gasteiger partial charge in [-0.2, -0.15) is 0 Å². The predicted molar refractivity (Wildman–Crippen MR) is 89.3 cm³/mol. The zero-order chi connectivity index (χ0) is 15.1. The van der Waals surface area contributed by atoms with E-state index in [1.54, 1.807) is 6.33 Å². The Morgan fingerprint density at radius 3 is 2.57 bits per heavy atom. The molecular weight excluding hydrogens is 284 g/mol. The highest BCUT2D eigenvalue weighted by molar-refractivity contribution is 7.85. The molecule has 2 N–H and O–H groups in total. The molecule has 6 heteroatoms. The van der Waals surface area contributed by atoms with Gasteiger partial charge >= 0.3 is 0 Å². The Hall–Kier alpha value is -1.17. The van der Waals surface area contributed by atoms with Crippen LogP contribution in [0.25, 0.3) is 0 Å². The Kier molecular flexibility index (Phi) is 6.42. The van der Waals surface area contributed by atoms with Crippen molar-refractivity contribution in [3.05, 3.63) is 11.9 Å². The molecule has 0 spiro atoms. The van der Waals surface area contributed by atoms with Gasteiger partial charge in [0.2, 0.25) is 0 Å². The van der Waals surface area contributed by atoms with Crippen LogP contribution in [0, 0.1) is 0 Å². The van der Waals surface area contributed by atoms with Crippen LogP contribution in [0.4, 0.5) is 11.6 Å². The molecule has 0 amide bonds. The molecule has 118 valence electrons. The van der Waals surface area contributed by atoms with Crippen molar-refractivity contribution in [1.29, 1.82) is 0 Å². The van der Waals surface area contributed by atoms with E-state index in [1.165, 1.54) is 5.56 Å². The first kappa shape index (κ1) is 16.2. The smallest absolute Gasteiger partial charge is 0.134 e. The zero-order valence-electron chi connectivity index (χ0n) is 13.0. The van der Waals surface area contributed by atoms with Crippen LogP contribution in [-0.2, 0) is 17.2 Å². The second-order valence-electron chi connectivity index (χ2n) is 5.49. The van der Waals surface area contributed by atoms with Crippen LogP contribution in [-0.4, -0.2) is 38.3 Å². The van der Waals surface area contributed by atoms with E-state index in [9.17, 15) is 4.21 Å². The molecule has 2 rings (SSSR count). The van der Waals surface area contributed by atoms with Crippen molar-refractivity contribution < 1.29 is 4.21 Å². The van der Waals surface area contributed by atoms with E-state index in [1.807, 2.05) is 0 Å². The number of hydrogen-bond acceptors (Lipinski definition) is 5. The van der Waals surface area contributed by atoms with Crippen molar-refractivity contribution in [3.63, 3.8) is 0 Å². The Balaban J connectivity index is 2.11. The second-order valence-corrected chi connectivity index (χ2v) is 7.19. The average molecular weight is 310 g/mol. The summed E-state index contributed by atoms with van der Waals surface area (Å²) in [6.07, 6.45) is 6.65. The summed E-state index contributed by atoms with van der Waals surface area (Å²) in [6.45, 7) is 5.24. The third kappa shape index (κ3) is 4.66. The molecule has 0 saturated carbocycles. The lowest BCUT2D eigenvalue weighted by Gasteiger charge is -2.24. The summed E-state index contributed by atoms with van der Waals surface area (Å²) in [6, 6.07) is 0.382. The van der Waals surface area contributed by atoms with Crippen molar-refractivity contribution in [2.75, 3.05) is 28.7 Å². The van der Waals surface area contributed by atoms with Gasteiger partial charge in [-0.25, -0.2) is 9.97 Å². The van der Waals surface area contributed by atoms with E-state index in [0.29, 0.717) is 6.04 Å². The second kappa shape index (κ2) is 8.32. The van der Waals surface area contributed by atoms with E-state index in [-0.39, 0.29) is 0 Å². The maximum Gasteiger partial charge on any atom is 0.134 e. The summed E-state index contributed by atoms with van der Waals surface area (Å²) in [7, 11) is -0.621. The Morgan fingerprint density at radius 1 is 1.19 bits per heavy atom. The number of nitrogens with one attached hydrogen (secondary N) is 2. The first-order chi connectivity index (χ1) is 10.2. The lowest BCUT2D eigenvalue weighted by Crippen LogP contribution is -2.30. The topological polar surface area (TPSA) is 66.9 Å². The number of anilines is 2. The van der Waals surface area contributed by atoms with E-state index < -0.39 is 10.8 Å². The third-order valence-corrected chi connectivity index (χ3v) is 5.10. The molecule has 0 atom stereocenters. The van der Waals surface area contributed by atoms with Gasteiger partial charge in [0.25, 0.3) is 0 Å². The predicted octanol–water partition coefficient (Wildman–Crippen LogP) is 2.57. The van der Waals surface area contributed by atoms with Crippen molar-refractivity contribution in [2.24, 2.45) is 0 Å². The van der Waals surface area contributed by atoms with Gasteiger partial charge in [0.1, 0.15) is 18.0 Å². The summed E-state index contributed by atoms with van der Waals surface area (Å²) in [5.74, 6) is 3.50. The van der Waals surface area contributed by atoms with E-state index in [4.69, 9.17) is 0 Å². The molecule has 0 radical (unpaired) electrons. The quantitative estimate of drug-likeness (QED) is 0.810. The van der Waals surface area contributed by atoms with E-state index in [0.717, 1.165) is 61.8 Å². The minimum absolute atomic E-state index is 0.382.